The molecule has 18 heavy (non-hydrogen) atoms. The number of ether oxygens (including phenoxy) is 3. The molecule has 0 saturated carbocycles. The maximum absolute atomic E-state index is 9.90. The summed E-state index contributed by atoms with van der Waals surface area (Å²) in [6.07, 6.45) is 2.04. The van der Waals surface area contributed by atoms with Gasteiger partial charge in [0, 0.05) is 37.4 Å². The summed E-state index contributed by atoms with van der Waals surface area (Å²) in [6.45, 7) is 2.48. The molecule has 1 aromatic carbocycles. The lowest BCUT2D eigenvalue weighted by Crippen LogP contribution is -2.34. The van der Waals surface area contributed by atoms with Gasteiger partial charge in [0.2, 0.25) is 6.79 Å². The zero-order valence-electron chi connectivity index (χ0n) is 10.1. The van der Waals surface area contributed by atoms with Crippen LogP contribution in [-0.4, -0.2) is 31.2 Å². The smallest absolute Gasteiger partial charge is 0.231 e. The van der Waals surface area contributed by atoms with Gasteiger partial charge in [0.05, 0.1) is 0 Å². The van der Waals surface area contributed by atoms with E-state index in [1.54, 1.807) is 6.07 Å². The first-order valence-corrected chi connectivity index (χ1v) is 6.25. The Hall–Kier alpha value is -1.46. The maximum atomic E-state index is 9.90. The van der Waals surface area contributed by atoms with Crippen molar-refractivity contribution >= 4 is 0 Å². The van der Waals surface area contributed by atoms with E-state index in [0.29, 0.717) is 24.1 Å². The van der Waals surface area contributed by atoms with Crippen molar-refractivity contribution in [3.63, 3.8) is 0 Å². The average molecular weight is 251 g/mol. The molecule has 0 radical (unpaired) electrons. The van der Waals surface area contributed by atoms with Crippen LogP contribution < -0.4 is 14.8 Å². The number of hydrogen-bond donors (Lipinski definition) is 2. The average Bonchev–Trinajstić information content (AvgIpc) is 2.84. The van der Waals surface area contributed by atoms with E-state index in [4.69, 9.17) is 14.2 Å². The van der Waals surface area contributed by atoms with Gasteiger partial charge in [-0.2, -0.15) is 0 Å². The van der Waals surface area contributed by atoms with Crippen LogP contribution in [0.2, 0.25) is 0 Å². The summed E-state index contributed by atoms with van der Waals surface area (Å²) >= 11 is 0. The van der Waals surface area contributed by atoms with E-state index < -0.39 is 0 Å². The van der Waals surface area contributed by atoms with E-state index in [1.807, 2.05) is 6.07 Å². The van der Waals surface area contributed by atoms with Gasteiger partial charge >= 0.3 is 0 Å². The Kier molecular flexibility index (Phi) is 3.25. The number of nitrogens with one attached hydrogen (secondary N) is 1. The second kappa shape index (κ2) is 5.04. The molecule has 0 bridgehead atoms. The molecule has 0 aliphatic carbocycles. The second-order valence-electron chi connectivity index (χ2n) is 4.60. The number of phenolic OH excluding ortho intramolecular Hbond substituents is 1. The Balaban J connectivity index is 1.65. The van der Waals surface area contributed by atoms with Crippen LogP contribution in [0.5, 0.6) is 17.2 Å². The molecule has 0 atom stereocenters. The van der Waals surface area contributed by atoms with Crippen molar-refractivity contribution in [2.45, 2.75) is 25.4 Å². The lowest BCUT2D eigenvalue weighted by Gasteiger charge is -2.23. The predicted molar refractivity (Wildman–Crippen MR) is 64.9 cm³/mol. The topological polar surface area (TPSA) is 60.0 Å². The number of fused-ring (bicyclic) bond motifs is 1. The van der Waals surface area contributed by atoms with E-state index in [-0.39, 0.29) is 12.5 Å². The molecule has 1 saturated heterocycles. The van der Waals surface area contributed by atoms with E-state index in [0.717, 1.165) is 31.6 Å². The Morgan fingerprint density at radius 2 is 1.89 bits per heavy atom. The minimum Gasteiger partial charge on any atom is -0.507 e. The molecule has 2 aliphatic rings. The van der Waals surface area contributed by atoms with Gasteiger partial charge in [-0.15, -0.1) is 0 Å². The van der Waals surface area contributed by atoms with Crippen LogP contribution in [0.1, 0.15) is 18.4 Å². The molecule has 98 valence electrons. The Labute approximate surface area is 106 Å². The molecule has 2 aliphatic heterocycles. The minimum atomic E-state index is 0.228. The van der Waals surface area contributed by atoms with E-state index in [2.05, 4.69) is 5.32 Å². The fourth-order valence-corrected chi connectivity index (χ4v) is 2.27. The highest BCUT2D eigenvalue weighted by Crippen LogP contribution is 2.37. The molecule has 5 nitrogen and oxygen atoms in total. The van der Waals surface area contributed by atoms with Gasteiger partial charge in [-0.05, 0) is 18.9 Å². The zero-order valence-corrected chi connectivity index (χ0v) is 10.1. The van der Waals surface area contributed by atoms with Gasteiger partial charge in [-0.25, -0.2) is 0 Å². The van der Waals surface area contributed by atoms with Crippen LogP contribution in [0.3, 0.4) is 0 Å². The van der Waals surface area contributed by atoms with Gasteiger partial charge in [0.15, 0.2) is 11.5 Å². The van der Waals surface area contributed by atoms with Crippen LogP contribution in [0.15, 0.2) is 12.1 Å². The normalized spacial score (nSPS) is 19.1. The van der Waals surface area contributed by atoms with Gasteiger partial charge in [-0.3, -0.25) is 0 Å². The molecule has 2 heterocycles. The molecule has 0 amide bonds. The third-order valence-corrected chi connectivity index (χ3v) is 3.38. The first-order valence-electron chi connectivity index (χ1n) is 6.25. The quantitative estimate of drug-likeness (QED) is 0.850. The minimum absolute atomic E-state index is 0.228. The number of hydrogen-bond acceptors (Lipinski definition) is 5. The number of aromatic hydroxyl groups is 1. The number of rotatable bonds is 3. The Morgan fingerprint density at radius 1 is 1.17 bits per heavy atom. The summed E-state index contributed by atoms with van der Waals surface area (Å²) in [5.74, 6) is 1.57. The highest BCUT2D eigenvalue weighted by molar-refractivity contribution is 5.51. The summed E-state index contributed by atoms with van der Waals surface area (Å²) in [6, 6.07) is 3.91. The summed E-state index contributed by atoms with van der Waals surface area (Å²) in [5, 5.41) is 13.3. The summed E-state index contributed by atoms with van der Waals surface area (Å²) < 4.78 is 15.8. The number of benzene rings is 1. The van der Waals surface area contributed by atoms with Crippen molar-refractivity contribution in [2.75, 3.05) is 20.0 Å². The van der Waals surface area contributed by atoms with Crippen molar-refractivity contribution in [2.24, 2.45) is 0 Å². The molecular formula is C13H17NO4. The van der Waals surface area contributed by atoms with E-state index in [9.17, 15) is 5.11 Å². The molecule has 0 aromatic heterocycles. The summed E-state index contributed by atoms with van der Waals surface area (Å²) in [5.41, 5.74) is 0.839. The molecule has 0 unspecified atom stereocenters. The predicted octanol–water partition coefficient (Wildman–Crippen LogP) is 1.39. The third-order valence-electron chi connectivity index (χ3n) is 3.38. The summed E-state index contributed by atoms with van der Waals surface area (Å²) in [7, 11) is 0. The highest BCUT2D eigenvalue weighted by Gasteiger charge is 2.18. The van der Waals surface area contributed by atoms with Crippen molar-refractivity contribution in [1.29, 1.82) is 0 Å². The first-order chi connectivity index (χ1) is 8.83. The van der Waals surface area contributed by atoms with Crippen LogP contribution in [-0.2, 0) is 11.3 Å². The first kappa shape index (κ1) is 11.6. The standard InChI is InChI=1S/C13H17NO4/c15-11-6-13-12(17-8-18-13)5-9(11)7-14-10-1-3-16-4-2-10/h5-6,10,14-15H,1-4,7-8H2. The lowest BCUT2D eigenvalue weighted by atomic mass is 10.1. The largest absolute Gasteiger partial charge is 0.507 e. The molecule has 3 rings (SSSR count). The van der Waals surface area contributed by atoms with Crippen LogP contribution >= 0.6 is 0 Å². The maximum Gasteiger partial charge on any atom is 0.231 e. The third kappa shape index (κ3) is 2.37. The van der Waals surface area contributed by atoms with Gasteiger partial charge in [0.1, 0.15) is 5.75 Å². The molecule has 2 N–H and O–H groups in total. The van der Waals surface area contributed by atoms with E-state index in [1.165, 1.54) is 0 Å². The molecular weight excluding hydrogens is 234 g/mol. The molecule has 0 spiro atoms. The van der Waals surface area contributed by atoms with Crippen LogP contribution in [0, 0.1) is 0 Å². The van der Waals surface area contributed by atoms with Gasteiger partial charge in [-0.1, -0.05) is 0 Å². The fraction of sp³-hybridized carbons (Fsp3) is 0.538. The zero-order chi connectivity index (χ0) is 12.4. The van der Waals surface area contributed by atoms with Crippen molar-refractivity contribution in [3.8, 4) is 17.2 Å². The molecule has 1 fully saturated rings. The lowest BCUT2D eigenvalue weighted by molar-refractivity contribution is 0.0775. The van der Waals surface area contributed by atoms with Crippen molar-refractivity contribution in [1.82, 2.24) is 5.32 Å². The highest BCUT2D eigenvalue weighted by atomic mass is 16.7. The fourth-order valence-electron chi connectivity index (χ4n) is 2.27. The number of phenols is 1. The van der Waals surface area contributed by atoms with Gasteiger partial charge in [0.25, 0.3) is 0 Å². The van der Waals surface area contributed by atoms with E-state index >= 15 is 0 Å². The Bertz CT molecular complexity index is 429. The van der Waals surface area contributed by atoms with Crippen molar-refractivity contribution < 1.29 is 19.3 Å². The Morgan fingerprint density at radius 3 is 2.67 bits per heavy atom. The monoisotopic (exact) mass is 251 g/mol. The van der Waals surface area contributed by atoms with Crippen LogP contribution in [0.4, 0.5) is 0 Å². The van der Waals surface area contributed by atoms with Crippen LogP contribution in [0.25, 0.3) is 0 Å². The SMILES string of the molecule is Oc1cc2c(cc1CNC1CCOCC1)OCO2. The van der Waals surface area contributed by atoms with Gasteiger partial charge < -0.3 is 24.6 Å². The molecule has 5 heteroatoms. The second-order valence-corrected chi connectivity index (χ2v) is 4.60. The van der Waals surface area contributed by atoms with Crippen molar-refractivity contribution in [3.05, 3.63) is 17.7 Å². The summed E-state index contributed by atoms with van der Waals surface area (Å²) in [4.78, 5) is 0. The molecule has 1 aromatic rings.